The van der Waals surface area contributed by atoms with E-state index in [-0.39, 0.29) is 12.3 Å². The summed E-state index contributed by atoms with van der Waals surface area (Å²) in [5.74, 6) is -0.687. The van der Waals surface area contributed by atoms with E-state index < -0.39 is 11.8 Å². The lowest BCUT2D eigenvalue weighted by molar-refractivity contribution is 0.0526. The Morgan fingerprint density at radius 2 is 2.25 bits per heavy atom. The standard InChI is InChI=1S/C14H15FN2O3/c1-3-20-14(18)11-7-16-17(9-11)8-10-5-4-6-12(19-2)13(10)15/h4-7,9H,3,8H2,1-2H3. The number of esters is 1. The molecule has 0 aliphatic carbocycles. The summed E-state index contributed by atoms with van der Waals surface area (Å²) in [4.78, 5) is 11.5. The second-order valence-electron chi connectivity index (χ2n) is 4.08. The molecule has 0 atom stereocenters. The molecule has 6 heteroatoms. The van der Waals surface area contributed by atoms with Gasteiger partial charge in [0.25, 0.3) is 0 Å². The molecular formula is C14H15FN2O3. The van der Waals surface area contributed by atoms with Gasteiger partial charge in [-0.05, 0) is 13.0 Å². The highest BCUT2D eigenvalue weighted by Crippen LogP contribution is 2.20. The molecule has 0 aliphatic rings. The fourth-order valence-corrected chi connectivity index (χ4v) is 1.78. The molecule has 0 bridgehead atoms. The third kappa shape index (κ3) is 2.96. The van der Waals surface area contributed by atoms with Crippen LogP contribution in [0.1, 0.15) is 22.8 Å². The maximum atomic E-state index is 14.0. The molecule has 0 spiro atoms. The Morgan fingerprint density at radius 1 is 1.45 bits per heavy atom. The van der Waals surface area contributed by atoms with E-state index in [4.69, 9.17) is 9.47 Å². The summed E-state index contributed by atoms with van der Waals surface area (Å²) in [6.07, 6.45) is 2.92. The Kier molecular flexibility index (Phi) is 4.34. The Balaban J connectivity index is 2.17. The zero-order valence-corrected chi connectivity index (χ0v) is 11.3. The van der Waals surface area contributed by atoms with E-state index in [2.05, 4.69) is 5.10 Å². The van der Waals surface area contributed by atoms with Gasteiger partial charge in [0.05, 0.1) is 32.0 Å². The minimum atomic E-state index is -0.440. The Labute approximate surface area is 115 Å². The van der Waals surface area contributed by atoms with Gasteiger partial charge < -0.3 is 9.47 Å². The second-order valence-corrected chi connectivity index (χ2v) is 4.08. The van der Waals surface area contributed by atoms with Crippen LogP contribution in [0.3, 0.4) is 0 Å². The van der Waals surface area contributed by atoms with E-state index in [1.54, 1.807) is 25.1 Å². The van der Waals surface area contributed by atoms with Crippen LogP contribution in [0.2, 0.25) is 0 Å². The van der Waals surface area contributed by atoms with Gasteiger partial charge in [-0.1, -0.05) is 12.1 Å². The molecule has 0 saturated heterocycles. The van der Waals surface area contributed by atoms with Gasteiger partial charge >= 0.3 is 5.97 Å². The highest BCUT2D eigenvalue weighted by atomic mass is 19.1. The van der Waals surface area contributed by atoms with E-state index in [1.165, 1.54) is 24.2 Å². The van der Waals surface area contributed by atoms with Crippen LogP contribution in [-0.4, -0.2) is 29.5 Å². The molecule has 0 unspecified atom stereocenters. The molecule has 0 saturated carbocycles. The highest BCUT2D eigenvalue weighted by Gasteiger charge is 2.12. The molecule has 106 valence electrons. The van der Waals surface area contributed by atoms with Crippen molar-refractivity contribution in [2.75, 3.05) is 13.7 Å². The lowest BCUT2D eigenvalue weighted by Crippen LogP contribution is -2.05. The number of halogens is 1. The number of methoxy groups -OCH3 is 1. The van der Waals surface area contributed by atoms with E-state index in [0.717, 1.165) is 0 Å². The van der Waals surface area contributed by atoms with Crippen molar-refractivity contribution in [2.45, 2.75) is 13.5 Å². The number of carbonyl (C=O) groups excluding carboxylic acids is 1. The summed E-state index contributed by atoms with van der Waals surface area (Å²) in [5.41, 5.74) is 0.776. The molecule has 1 heterocycles. The maximum Gasteiger partial charge on any atom is 0.341 e. The van der Waals surface area contributed by atoms with Gasteiger partial charge in [0.15, 0.2) is 11.6 Å². The van der Waals surface area contributed by atoms with Crippen LogP contribution in [-0.2, 0) is 11.3 Å². The van der Waals surface area contributed by atoms with Crippen molar-refractivity contribution >= 4 is 5.97 Å². The minimum absolute atomic E-state index is 0.181. The van der Waals surface area contributed by atoms with Gasteiger partial charge in [0.1, 0.15) is 0 Å². The maximum absolute atomic E-state index is 14.0. The van der Waals surface area contributed by atoms with Gasteiger partial charge in [0.2, 0.25) is 0 Å². The number of ether oxygens (including phenoxy) is 2. The van der Waals surface area contributed by atoms with Gasteiger partial charge in [-0.15, -0.1) is 0 Å². The fourth-order valence-electron chi connectivity index (χ4n) is 1.78. The highest BCUT2D eigenvalue weighted by molar-refractivity contribution is 5.88. The van der Waals surface area contributed by atoms with Crippen LogP contribution in [0.4, 0.5) is 4.39 Å². The van der Waals surface area contributed by atoms with Crippen molar-refractivity contribution in [3.8, 4) is 5.75 Å². The summed E-state index contributed by atoms with van der Waals surface area (Å²) < 4.78 is 25.2. The number of rotatable bonds is 5. The molecule has 0 aliphatic heterocycles. The molecule has 0 amide bonds. The fraction of sp³-hybridized carbons (Fsp3) is 0.286. The first kappa shape index (κ1) is 14.0. The van der Waals surface area contributed by atoms with Crippen LogP contribution in [0.5, 0.6) is 5.75 Å². The van der Waals surface area contributed by atoms with Crippen LogP contribution >= 0.6 is 0 Å². The quantitative estimate of drug-likeness (QED) is 0.787. The smallest absolute Gasteiger partial charge is 0.341 e. The van der Waals surface area contributed by atoms with Gasteiger partial charge in [0, 0.05) is 11.8 Å². The second kappa shape index (κ2) is 6.18. The van der Waals surface area contributed by atoms with Gasteiger partial charge in [-0.25, -0.2) is 9.18 Å². The average Bonchev–Trinajstić information content (AvgIpc) is 2.90. The third-order valence-electron chi connectivity index (χ3n) is 2.74. The first-order valence-corrected chi connectivity index (χ1v) is 6.16. The van der Waals surface area contributed by atoms with Gasteiger partial charge in [-0.2, -0.15) is 5.10 Å². The molecule has 0 N–H and O–H groups in total. The number of aromatic nitrogens is 2. The first-order chi connectivity index (χ1) is 9.65. The van der Waals surface area contributed by atoms with Crippen molar-refractivity contribution in [2.24, 2.45) is 0 Å². The van der Waals surface area contributed by atoms with Crippen molar-refractivity contribution in [1.82, 2.24) is 9.78 Å². The number of hydrogen-bond acceptors (Lipinski definition) is 4. The van der Waals surface area contributed by atoms with Crippen molar-refractivity contribution in [3.05, 3.63) is 47.5 Å². The summed E-state index contributed by atoms with van der Waals surface area (Å²) in [6.45, 7) is 2.24. The van der Waals surface area contributed by atoms with E-state index in [9.17, 15) is 9.18 Å². The number of benzene rings is 1. The molecule has 1 aromatic heterocycles. The van der Waals surface area contributed by atoms with E-state index >= 15 is 0 Å². The molecule has 0 radical (unpaired) electrons. The summed E-state index contributed by atoms with van der Waals surface area (Å²) in [7, 11) is 1.41. The van der Waals surface area contributed by atoms with Crippen LogP contribution < -0.4 is 4.74 Å². The van der Waals surface area contributed by atoms with E-state index in [1.807, 2.05) is 0 Å². The number of hydrogen-bond donors (Lipinski definition) is 0. The summed E-state index contributed by atoms with van der Waals surface area (Å²) >= 11 is 0. The van der Waals surface area contributed by atoms with Crippen LogP contribution in [0.15, 0.2) is 30.6 Å². The normalized spacial score (nSPS) is 10.3. The van der Waals surface area contributed by atoms with Crippen molar-refractivity contribution in [3.63, 3.8) is 0 Å². The Bertz CT molecular complexity index is 610. The predicted octanol–water partition coefficient (Wildman–Crippen LogP) is 2.26. The molecular weight excluding hydrogens is 263 g/mol. The van der Waals surface area contributed by atoms with E-state index in [0.29, 0.717) is 17.7 Å². The molecule has 2 aromatic rings. The monoisotopic (exact) mass is 278 g/mol. The lowest BCUT2D eigenvalue weighted by Gasteiger charge is -2.07. The Morgan fingerprint density at radius 3 is 2.95 bits per heavy atom. The number of nitrogens with zero attached hydrogens (tertiary/aromatic N) is 2. The van der Waals surface area contributed by atoms with Gasteiger partial charge in [-0.3, -0.25) is 4.68 Å². The SMILES string of the molecule is CCOC(=O)c1cnn(Cc2cccc(OC)c2F)c1. The molecule has 2 rings (SSSR count). The zero-order valence-electron chi connectivity index (χ0n) is 11.3. The van der Waals surface area contributed by atoms with Crippen LogP contribution in [0.25, 0.3) is 0 Å². The topological polar surface area (TPSA) is 53.3 Å². The molecule has 1 aromatic carbocycles. The van der Waals surface area contributed by atoms with Crippen molar-refractivity contribution in [1.29, 1.82) is 0 Å². The summed E-state index contributed by atoms with van der Waals surface area (Å²) in [6, 6.07) is 4.89. The zero-order chi connectivity index (χ0) is 14.5. The number of carbonyl (C=O) groups is 1. The van der Waals surface area contributed by atoms with Crippen molar-refractivity contribution < 1.29 is 18.7 Å². The predicted molar refractivity (Wildman–Crippen MR) is 70.2 cm³/mol. The lowest BCUT2D eigenvalue weighted by atomic mass is 10.2. The van der Waals surface area contributed by atoms with Crippen LogP contribution in [0, 0.1) is 5.82 Å². The largest absolute Gasteiger partial charge is 0.494 e. The first-order valence-electron chi connectivity index (χ1n) is 6.16. The summed E-state index contributed by atoms with van der Waals surface area (Å²) in [5, 5.41) is 4.02. The molecule has 0 fully saturated rings. The molecule has 20 heavy (non-hydrogen) atoms. The minimum Gasteiger partial charge on any atom is -0.494 e. The molecule has 5 nitrogen and oxygen atoms in total. The Hall–Kier alpha value is -2.37. The third-order valence-corrected chi connectivity index (χ3v) is 2.74. The average molecular weight is 278 g/mol.